The van der Waals surface area contributed by atoms with Crippen molar-refractivity contribution in [2.75, 3.05) is 0 Å². The molecule has 1 aromatic carbocycles. The molecule has 0 unspecified atom stereocenters. The van der Waals surface area contributed by atoms with Gasteiger partial charge in [0.05, 0.1) is 29.5 Å². The van der Waals surface area contributed by atoms with Crippen LogP contribution < -0.4 is 5.43 Å². The maximum Gasteiger partial charge on any atom is 0.209 e. The number of para-hydroxylation sites is 1. The van der Waals surface area contributed by atoms with Crippen molar-refractivity contribution >= 4 is 10.9 Å². The smallest absolute Gasteiger partial charge is 0.209 e. The molecule has 0 radical (unpaired) electrons. The number of aryl methyl sites for hydroxylation is 1. The lowest BCUT2D eigenvalue weighted by Crippen LogP contribution is -2.15. The molecule has 146 valence electrons. The number of benzene rings is 1. The number of hydrogen-bond acceptors (Lipinski definition) is 5. The topological polar surface area (TPSA) is 78.5 Å². The van der Waals surface area contributed by atoms with Crippen molar-refractivity contribution in [1.29, 1.82) is 0 Å². The molecule has 0 aliphatic heterocycles. The summed E-state index contributed by atoms with van der Waals surface area (Å²) >= 11 is 0. The van der Waals surface area contributed by atoms with E-state index in [2.05, 4.69) is 20.2 Å². The predicted molar refractivity (Wildman–Crippen MR) is 110 cm³/mol. The second kappa shape index (κ2) is 7.00. The zero-order valence-electron chi connectivity index (χ0n) is 15.9. The summed E-state index contributed by atoms with van der Waals surface area (Å²) in [6.07, 6.45) is 8.11. The quantitative estimate of drug-likeness (QED) is 0.465. The third-order valence-electron chi connectivity index (χ3n) is 4.75. The van der Waals surface area contributed by atoms with Gasteiger partial charge in [-0.15, -0.1) is 0 Å². The Kier molecular flexibility index (Phi) is 4.17. The highest BCUT2D eigenvalue weighted by Gasteiger charge is 2.16. The van der Waals surface area contributed by atoms with E-state index in [-0.39, 0.29) is 16.6 Å². The van der Waals surface area contributed by atoms with Gasteiger partial charge >= 0.3 is 0 Å². The molecule has 0 atom stereocenters. The summed E-state index contributed by atoms with van der Waals surface area (Å²) in [5.41, 5.74) is 3.01. The molecule has 4 aromatic heterocycles. The van der Waals surface area contributed by atoms with Crippen LogP contribution in [-0.2, 0) is 0 Å². The summed E-state index contributed by atoms with van der Waals surface area (Å²) in [7, 11) is 0. The van der Waals surface area contributed by atoms with Gasteiger partial charge in [0.1, 0.15) is 11.3 Å². The molecule has 0 fully saturated rings. The fourth-order valence-corrected chi connectivity index (χ4v) is 3.38. The van der Waals surface area contributed by atoms with Gasteiger partial charge in [0.2, 0.25) is 5.43 Å². The average Bonchev–Trinajstić information content (AvgIpc) is 3.23. The molecule has 0 aliphatic carbocycles. The van der Waals surface area contributed by atoms with Crippen LogP contribution in [0.25, 0.3) is 33.7 Å². The first-order chi connectivity index (χ1) is 14.6. The average molecular weight is 398 g/mol. The highest BCUT2D eigenvalue weighted by molar-refractivity contribution is 5.87. The maximum atomic E-state index is 14.2. The van der Waals surface area contributed by atoms with Crippen LogP contribution in [0.5, 0.6) is 0 Å². The Morgan fingerprint density at radius 2 is 1.93 bits per heavy atom. The summed E-state index contributed by atoms with van der Waals surface area (Å²) < 4.78 is 17.4. The molecule has 4 heterocycles. The molecule has 30 heavy (non-hydrogen) atoms. The molecule has 0 saturated carbocycles. The van der Waals surface area contributed by atoms with Gasteiger partial charge in [-0.1, -0.05) is 12.1 Å². The lowest BCUT2D eigenvalue weighted by molar-refractivity contribution is 0.636. The molecule has 0 N–H and O–H groups in total. The molecule has 5 aromatic rings. The summed E-state index contributed by atoms with van der Waals surface area (Å²) in [4.78, 5) is 21.0. The molecule has 0 bridgehead atoms. The minimum atomic E-state index is -0.421. The zero-order valence-corrected chi connectivity index (χ0v) is 15.9. The fourth-order valence-electron chi connectivity index (χ4n) is 3.38. The number of hydrogen-bond donors (Lipinski definition) is 0. The molecular formula is C22H15FN6O. The SMILES string of the molecule is Cc1cncc(-n2ccc(=O)c(-c3ccnn3-c3ccnc4c(F)cccc34)n2)c1. The van der Waals surface area contributed by atoms with Crippen LogP contribution >= 0.6 is 0 Å². The van der Waals surface area contributed by atoms with Gasteiger partial charge in [0.25, 0.3) is 0 Å². The van der Waals surface area contributed by atoms with E-state index in [9.17, 15) is 9.18 Å². The lowest BCUT2D eigenvalue weighted by atomic mass is 10.1. The fraction of sp³-hybridized carbons (Fsp3) is 0.0455. The Morgan fingerprint density at radius 3 is 2.80 bits per heavy atom. The van der Waals surface area contributed by atoms with Gasteiger partial charge in [0, 0.05) is 30.0 Å². The van der Waals surface area contributed by atoms with Crippen molar-refractivity contribution in [3.8, 4) is 22.8 Å². The van der Waals surface area contributed by atoms with Crippen LogP contribution in [0, 0.1) is 12.7 Å². The largest absolute Gasteiger partial charge is 0.287 e. The van der Waals surface area contributed by atoms with E-state index in [1.54, 1.807) is 58.4 Å². The number of fused-ring (bicyclic) bond motifs is 1. The van der Waals surface area contributed by atoms with Crippen LogP contribution in [0.4, 0.5) is 4.39 Å². The van der Waals surface area contributed by atoms with Crippen molar-refractivity contribution < 1.29 is 4.39 Å². The van der Waals surface area contributed by atoms with Gasteiger partial charge in [0.15, 0.2) is 5.69 Å². The van der Waals surface area contributed by atoms with Crippen molar-refractivity contribution in [2.45, 2.75) is 6.92 Å². The number of aromatic nitrogens is 6. The van der Waals surface area contributed by atoms with Crippen LogP contribution in [-0.4, -0.2) is 29.5 Å². The molecule has 0 spiro atoms. The zero-order chi connectivity index (χ0) is 20.7. The summed E-state index contributed by atoms with van der Waals surface area (Å²) in [6.45, 7) is 1.93. The highest BCUT2D eigenvalue weighted by atomic mass is 19.1. The summed E-state index contributed by atoms with van der Waals surface area (Å²) in [5, 5.41) is 9.47. The standard InChI is InChI=1S/C22H15FN6O/c1-14-11-15(13-24-12-14)28-10-7-20(30)22(27-28)19-6-9-26-29(19)18-5-8-25-21-16(18)3-2-4-17(21)23/h2-13H,1H3. The Bertz CT molecular complexity index is 1460. The molecular weight excluding hydrogens is 383 g/mol. The van der Waals surface area contributed by atoms with Gasteiger partial charge in [-0.05, 0) is 36.8 Å². The molecule has 5 rings (SSSR count). The Labute approximate surface area is 170 Å². The highest BCUT2D eigenvalue weighted by Crippen LogP contribution is 2.25. The maximum absolute atomic E-state index is 14.2. The summed E-state index contributed by atoms with van der Waals surface area (Å²) in [6, 6.07) is 11.5. The first-order valence-corrected chi connectivity index (χ1v) is 9.22. The summed E-state index contributed by atoms with van der Waals surface area (Å²) in [5.74, 6) is -0.421. The van der Waals surface area contributed by atoms with Gasteiger partial charge in [-0.2, -0.15) is 10.2 Å². The van der Waals surface area contributed by atoms with Gasteiger partial charge < -0.3 is 0 Å². The number of pyridine rings is 2. The third-order valence-corrected chi connectivity index (χ3v) is 4.75. The van der Waals surface area contributed by atoms with Crippen molar-refractivity contribution in [2.24, 2.45) is 0 Å². The third kappa shape index (κ3) is 2.95. The van der Waals surface area contributed by atoms with E-state index in [1.807, 2.05) is 13.0 Å². The minimum Gasteiger partial charge on any atom is -0.287 e. The van der Waals surface area contributed by atoms with Gasteiger partial charge in [-0.3, -0.25) is 14.8 Å². The van der Waals surface area contributed by atoms with E-state index < -0.39 is 5.82 Å². The monoisotopic (exact) mass is 398 g/mol. The second-order valence-electron chi connectivity index (χ2n) is 6.79. The number of nitrogens with zero attached hydrogens (tertiary/aromatic N) is 6. The number of rotatable bonds is 3. The normalized spacial score (nSPS) is 11.1. The van der Waals surface area contributed by atoms with E-state index >= 15 is 0 Å². The van der Waals surface area contributed by atoms with Crippen LogP contribution in [0.1, 0.15) is 5.56 Å². The predicted octanol–water partition coefficient (Wildman–Crippen LogP) is 3.48. The number of halogens is 1. The van der Waals surface area contributed by atoms with Crippen molar-refractivity contribution in [3.63, 3.8) is 0 Å². The van der Waals surface area contributed by atoms with Crippen LogP contribution in [0.3, 0.4) is 0 Å². The van der Waals surface area contributed by atoms with Crippen LogP contribution in [0.15, 0.2) is 78.2 Å². The van der Waals surface area contributed by atoms with Crippen molar-refractivity contribution in [3.05, 3.63) is 95.1 Å². The van der Waals surface area contributed by atoms with Gasteiger partial charge in [-0.25, -0.2) is 13.8 Å². The van der Waals surface area contributed by atoms with E-state index in [0.717, 1.165) is 11.3 Å². The molecule has 0 saturated heterocycles. The first kappa shape index (κ1) is 17.9. The molecule has 8 heteroatoms. The first-order valence-electron chi connectivity index (χ1n) is 9.22. The Balaban J connectivity index is 1.71. The lowest BCUT2D eigenvalue weighted by Gasteiger charge is -2.11. The minimum absolute atomic E-state index is 0.220. The van der Waals surface area contributed by atoms with E-state index in [0.29, 0.717) is 16.8 Å². The van der Waals surface area contributed by atoms with Crippen LogP contribution in [0.2, 0.25) is 0 Å². The molecule has 7 nitrogen and oxygen atoms in total. The second-order valence-corrected chi connectivity index (χ2v) is 6.79. The van der Waals surface area contributed by atoms with E-state index in [1.165, 1.54) is 18.3 Å². The Morgan fingerprint density at radius 1 is 1.03 bits per heavy atom. The Hall–Kier alpha value is -4.20. The van der Waals surface area contributed by atoms with E-state index in [4.69, 9.17) is 0 Å². The molecule has 0 amide bonds. The molecule has 0 aliphatic rings. The van der Waals surface area contributed by atoms with Crippen molar-refractivity contribution in [1.82, 2.24) is 29.5 Å².